The summed E-state index contributed by atoms with van der Waals surface area (Å²) in [6, 6.07) is 14.8. The zero-order valence-corrected chi connectivity index (χ0v) is 15.7. The van der Waals surface area contributed by atoms with Crippen LogP contribution in [0, 0.1) is 0 Å². The van der Waals surface area contributed by atoms with Gasteiger partial charge in [0, 0.05) is 18.7 Å². The van der Waals surface area contributed by atoms with Crippen molar-refractivity contribution in [3.05, 3.63) is 65.7 Å². The molecule has 7 heteroatoms. The van der Waals surface area contributed by atoms with E-state index in [-0.39, 0.29) is 11.8 Å². The Morgan fingerprint density at radius 1 is 0.929 bits per heavy atom. The van der Waals surface area contributed by atoms with Crippen molar-refractivity contribution in [2.45, 2.75) is 13.0 Å². The van der Waals surface area contributed by atoms with Gasteiger partial charge in [0.2, 0.25) is 5.91 Å². The van der Waals surface area contributed by atoms with Crippen LogP contribution in [-0.4, -0.2) is 55.0 Å². The molecular weight excluding hydrogens is 358 g/mol. The van der Waals surface area contributed by atoms with E-state index in [9.17, 15) is 14.4 Å². The van der Waals surface area contributed by atoms with Gasteiger partial charge in [0.05, 0.1) is 24.5 Å². The van der Waals surface area contributed by atoms with Crippen molar-refractivity contribution in [2.24, 2.45) is 0 Å². The van der Waals surface area contributed by atoms with Crippen molar-refractivity contribution >= 4 is 23.4 Å². The Hall–Kier alpha value is -3.19. The summed E-state index contributed by atoms with van der Waals surface area (Å²) in [5, 5.41) is 5.49. The number of nitrogens with zero attached hydrogens (tertiary/aromatic N) is 1. The van der Waals surface area contributed by atoms with Crippen LogP contribution >= 0.6 is 0 Å². The zero-order chi connectivity index (χ0) is 19.9. The van der Waals surface area contributed by atoms with Gasteiger partial charge < -0.3 is 20.3 Å². The molecule has 7 nitrogen and oxygen atoms in total. The summed E-state index contributed by atoms with van der Waals surface area (Å²) < 4.78 is 5.25. The summed E-state index contributed by atoms with van der Waals surface area (Å²) >= 11 is 0. The topological polar surface area (TPSA) is 87.7 Å². The second-order valence-corrected chi connectivity index (χ2v) is 6.50. The molecule has 0 bridgehead atoms. The zero-order valence-electron chi connectivity index (χ0n) is 15.7. The van der Waals surface area contributed by atoms with Gasteiger partial charge in [-0.2, -0.15) is 0 Å². The molecule has 1 aliphatic rings. The lowest BCUT2D eigenvalue weighted by Gasteiger charge is -2.29. The van der Waals surface area contributed by atoms with Crippen molar-refractivity contribution in [3.63, 3.8) is 0 Å². The Bertz CT molecular complexity index is 848. The van der Waals surface area contributed by atoms with E-state index >= 15 is 0 Å². The molecule has 0 radical (unpaired) electrons. The molecule has 2 aromatic carbocycles. The minimum absolute atomic E-state index is 0.151. The number of nitrogens with one attached hydrogen (secondary N) is 2. The van der Waals surface area contributed by atoms with Crippen LogP contribution in [0.15, 0.2) is 54.6 Å². The third kappa shape index (κ3) is 4.75. The van der Waals surface area contributed by atoms with E-state index in [1.54, 1.807) is 60.4 Å². The van der Waals surface area contributed by atoms with Crippen molar-refractivity contribution in [2.75, 3.05) is 31.6 Å². The van der Waals surface area contributed by atoms with Crippen LogP contribution in [0.2, 0.25) is 0 Å². The fourth-order valence-corrected chi connectivity index (χ4v) is 2.97. The van der Waals surface area contributed by atoms with Gasteiger partial charge >= 0.3 is 0 Å². The molecule has 2 N–H and O–H groups in total. The molecule has 0 unspecified atom stereocenters. The number of amides is 3. The largest absolute Gasteiger partial charge is 0.378 e. The van der Waals surface area contributed by atoms with Crippen LogP contribution in [0.3, 0.4) is 0 Å². The Morgan fingerprint density at radius 3 is 2.29 bits per heavy atom. The average molecular weight is 381 g/mol. The van der Waals surface area contributed by atoms with Gasteiger partial charge in [-0.1, -0.05) is 30.3 Å². The van der Waals surface area contributed by atoms with Crippen LogP contribution in [0.1, 0.15) is 27.6 Å². The predicted octanol–water partition coefficient (Wildman–Crippen LogP) is 1.92. The van der Waals surface area contributed by atoms with E-state index in [1.165, 1.54) is 0 Å². The molecule has 0 saturated carbocycles. The number of morpholine rings is 1. The second kappa shape index (κ2) is 9.14. The van der Waals surface area contributed by atoms with E-state index in [2.05, 4.69) is 10.6 Å². The molecule has 28 heavy (non-hydrogen) atoms. The van der Waals surface area contributed by atoms with Gasteiger partial charge in [0.1, 0.15) is 6.04 Å². The maximum atomic E-state index is 12.7. The molecule has 146 valence electrons. The summed E-state index contributed by atoms with van der Waals surface area (Å²) in [6.07, 6.45) is 0. The number of para-hydroxylation sites is 1. The van der Waals surface area contributed by atoms with E-state index in [0.29, 0.717) is 43.1 Å². The molecule has 3 rings (SSSR count). The van der Waals surface area contributed by atoms with Gasteiger partial charge in [-0.15, -0.1) is 0 Å². The van der Waals surface area contributed by atoms with Gasteiger partial charge in [-0.05, 0) is 31.2 Å². The normalized spacial score (nSPS) is 14.8. The molecular formula is C21H23N3O4. The third-order valence-corrected chi connectivity index (χ3v) is 4.50. The number of rotatable bonds is 5. The Labute approximate surface area is 163 Å². The fourth-order valence-electron chi connectivity index (χ4n) is 2.97. The number of hydrogen-bond acceptors (Lipinski definition) is 4. The summed E-state index contributed by atoms with van der Waals surface area (Å²) in [6.45, 7) is 3.69. The van der Waals surface area contributed by atoms with E-state index in [0.717, 1.165) is 0 Å². The minimum Gasteiger partial charge on any atom is -0.378 e. The van der Waals surface area contributed by atoms with Crippen LogP contribution in [0.4, 0.5) is 5.69 Å². The lowest BCUT2D eigenvalue weighted by atomic mass is 10.1. The van der Waals surface area contributed by atoms with Crippen LogP contribution in [-0.2, 0) is 9.53 Å². The highest BCUT2D eigenvalue weighted by Crippen LogP contribution is 2.17. The standard InChI is InChI=1S/C21H23N3O4/c1-15(21(27)24-11-13-28-14-12-24)22-20(26)17-9-5-6-10-18(17)23-19(25)16-7-3-2-4-8-16/h2-10,15H,11-14H2,1H3,(H,22,26)(H,23,25)/t15-/m1/s1. The Balaban J connectivity index is 1.68. The number of benzene rings is 2. The van der Waals surface area contributed by atoms with Gasteiger partial charge in [0.25, 0.3) is 11.8 Å². The first-order valence-electron chi connectivity index (χ1n) is 9.19. The highest BCUT2D eigenvalue weighted by Gasteiger charge is 2.25. The maximum Gasteiger partial charge on any atom is 0.255 e. The molecule has 0 spiro atoms. The summed E-state index contributed by atoms with van der Waals surface area (Å²) in [5.74, 6) is -0.876. The number of hydrogen-bond donors (Lipinski definition) is 2. The van der Waals surface area contributed by atoms with E-state index in [1.807, 2.05) is 6.07 Å². The molecule has 1 saturated heterocycles. The number of anilines is 1. The maximum absolute atomic E-state index is 12.7. The third-order valence-electron chi connectivity index (χ3n) is 4.50. The average Bonchev–Trinajstić information content (AvgIpc) is 2.74. The first kappa shape index (κ1) is 19.6. The van der Waals surface area contributed by atoms with Gasteiger partial charge in [-0.25, -0.2) is 0 Å². The summed E-state index contributed by atoms with van der Waals surface area (Å²) in [4.78, 5) is 39.3. The molecule has 1 fully saturated rings. The van der Waals surface area contributed by atoms with Crippen LogP contribution in [0.25, 0.3) is 0 Å². The quantitative estimate of drug-likeness (QED) is 0.828. The van der Waals surface area contributed by atoms with Crippen molar-refractivity contribution in [1.82, 2.24) is 10.2 Å². The lowest BCUT2D eigenvalue weighted by molar-refractivity contribution is -0.136. The second-order valence-electron chi connectivity index (χ2n) is 6.50. The molecule has 1 aliphatic heterocycles. The van der Waals surface area contributed by atoms with Crippen molar-refractivity contribution in [3.8, 4) is 0 Å². The first-order chi connectivity index (χ1) is 13.6. The van der Waals surface area contributed by atoms with Crippen molar-refractivity contribution < 1.29 is 19.1 Å². The van der Waals surface area contributed by atoms with E-state index in [4.69, 9.17) is 4.74 Å². The van der Waals surface area contributed by atoms with Crippen LogP contribution in [0.5, 0.6) is 0 Å². The number of carbonyl (C=O) groups is 3. The highest BCUT2D eigenvalue weighted by atomic mass is 16.5. The fraction of sp³-hybridized carbons (Fsp3) is 0.286. The molecule has 3 amide bonds. The molecule has 2 aromatic rings. The van der Waals surface area contributed by atoms with Crippen molar-refractivity contribution in [1.29, 1.82) is 0 Å². The molecule has 1 atom stereocenters. The molecule has 0 aromatic heterocycles. The number of ether oxygens (including phenoxy) is 1. The molecule has 0 aliphatic carbocycles. The lowest BCUT2D eigenvalue weighted by Crippen LogP contribution is -2.50. The monoisotopic (exact) mass is 381 g/mol. The van der Waals surface area contributed by atoms with Crippen LogP contribution < -0.4 is 10.6 Å². The summed E-state index contributed by atoms with van der Waals surface area (Å²) in [7, 11) is 0. The first-order valence-corrected chi connectivity index (χ1v) is 9.19. The minimum atomic E-state index is -0.677. The highest BCUT2D eigenvalue weighted by molar-refractivity contribution is 6.09. The van der Waals surface area contributed by atoms with Gasteiger partial charge in [0.15, 0.2) is 0 Å². The van der Waals surface area contributed by atoms with E-state index < -0.39 is 11.9 Å². The SMILES string of the molecule is C[C@@H](NC(=O)c1ccccc1NC(=O)c1ccccc1)C(=O)N1CCOCC1. The predicted molar refractivity (Wildman–Crippen MR) is 105 cm³/mol. The number of carbonyl (C=O) groups excluding carboxylic acids is 3. The van der Waals surface area contributed by atoms with Gasteiger partial charge in [-0.3, -0.25) is 14.4 Å². The molecule has 1 heterocycles. The Morgan fingerprint density at radius 2 is 1.57 bits per heavy atom. The Kier molecular flexibility index (Phi) is 6.39. The smallest absolute Gasteiger partial charge is 0.255 e. The summed E-state index contributed by atoms with van der Waals surface area (Å²) in [5.41, 5.74) is 1.18.